The fraction of sp³-hybridized carbons (Fsp3) is 0.231. The molecule has 0 atom stereocenters. The molecular formula is C13H13ClO5. The van der Waals surface area contributed by atoms with Crippen LogP contribution in [0.1, 0.15) is 11.1 Å². The van der Waals surface area contributed by atoms with Crippen LogP contribution in [0.25, 0.3) is 5.57 Å². The number of esters is 1. The number of methoxy groups -OCH3 is 2. The van der Waals surface area contributed by atoms with Gasteiger partial charge in [-0.05, 0) is 11.1 Å². The zero-order valence-corrected chi connectivity index (χ0v) is 11.3. The molecular weight excluding hydrogens is 272 g/mol. The Kier molecular flexibility index (Phi) is 5.89. The van der Waals surface area contributed by atoms with Crippen molar-refractivity contribution in [1.29, 1.82) is 0 Å². The maximum absolute atomic E-state index is 11.7. The third-order valence-electron chi connectivity index (χ3n) is 2.29. The molecule has 0 aromatic heterocycles. The van der Waals surface area contributed by atoms with E-state index in [1.807, 2.05) is 0 Å². The van der Waals surface area contributed by atoms with Gasteiger partial charge in [0.2, 0.25) is 0 Å². The van der Waals surface area contributed by atoms with Crippen LogP contribution >= 0.6 is 11.6 Å². The van der Waals surface area contributed by atoms with Gasteiger partial charge in [-0.2, -0.15) is 0 Å². The quantitative estimate of drug-likeness (QED) is 0.360. The first-order valence-electron chi connectivity index (χ1n) is 5.32. The van der Waals surface area contributed by atoms with Gasteiger partial charge in [0.1, 0.15) is 12.2 Å². The van der Waals surface area contributed by atoms with Crippen LogP contribution in [0, 0.1) is 0 Å². The van der Waals surface area contributed by atoms with Gasteiger partial charge >= 0.3 is 11.4 Å². The fourth-order valence-corrected chi connectivity index (χ4v) is 1.55. The predicted octanol–water partition coefficient (Wildman–Crippen LogP) is 2.72. The van der Waals surface area contributed by atoms with E-state index < -0.39 is 11.4 Å². The van der Waals surface area contributed by atoms with E-state index in [1.165, 1.54) is 20.5 Å². The molecule has 1 aromatic rings. The standard InChI is InChI=1S/C13H13ClO5/c1-17-8-11(12(15)18-2)10-6-4-3-5-9(10)7-19-13(14)16/h3-6,8H,7H2,1-2H3/b11-8+. The van der Waals surface area contributed by atoms with E-state index in [4.69, 9.17) is 21.1 Å². The lowest BCUT2D eigenvalue weighted by Crippen LogP contribution is -2.08. The van der Waals surface area contributed by atoms with E-state index in [0.29, 0.717) is 11.1 Å². The number of hydrogen-bond donors (Lipinski definition) is 0. The van der Waals surface area contributed by atoms with Gasteiger partial charge in [0.15, 0.2) is 0 Å². The number of benzene rings is 1. The summed E-state index contributed by atoms with van der Waals surface area (Å²) in [7, 11) is 2.69. The Morgan fingerprint density at radius 1 is 1.26 bits per heavy atom. The lowest BCUT2D eigenvalue weighted by Gasteiger charge is -2.11. The molecule has 0 aliphatic rings. The fourth-order valence-electron chi connectivity index (χ4n) is 1.49. The van der Waals surface area contributed by atoms with Crippen molar-refractivity contribution in [2.24, 2.45) is 0 Å². The summed E-state index contributed by atoms with van der Waals surface area (Å²) in [4.78, 5) is 22.3. The predicted molar refractivity (Wildman–Crippen MR) is 69.5 cm³/mol. The lowest BCUT2D eigenvalue weighted by molar-refractivity contribution is -0.133. The summed E-state index contributed by atoms with van der Waals surface area (Å²) in [6.45, 7) is -0.0451. The SMILES string of the molecule is CO/C=C(/C(=O)OC)c1ccccc1COC(=O)Cl. The second-order valence-corrected chi connectivity index (χ2v) is 3.75. The molecule has 1 rings (SSSR count). The molecule has 0 radical (unpaired) electrons. The van der Waals surface area contributed by atoms with Gasteiger partial charge < -0.3 is 14.2 Å². The van der Waals surface area contributed by atoms with Crippen LogP contribution in [-0.4, -0.2) is 25.6 Å². The van der Waals surface area contributed by atoms with Crippen LogP contribution in [0.4, 0.5) is 4.79 Å². The summed E-state index contributed by atoms with van der Waals surface area (Å²) in [5.74, 6) is -0.550. The van der Waals surface area contributed by atoms with Crippen molar-refractivity contribution in [3.63, 3.8) is 0 Å². The van der Waals surface area contributed by atoms with E-state index in [1.54, 1.807) is 24.3 Å². The highest BCUT2D eigenvalue weighted by molar-refractivity contribution is 6.61. The van der Waals surface area contributed by atoms with Gasteiger partial charge in [-0.1, -0.05) is 24.3 Å². The molecule has 0 unspecified atom stereocenters. The molecule has 19 heavy (non-hydrogen) atoms. The summed E-state index contributed by atoms with van der Waals surface area (Å²) < 4.78 is 14.3. The number of halogens is 1. The van der Waals surface area contributed by atoms with Crippen molar-refractivity contribution < 1.29 is 23.8 Å². The van der Waals surface area contributed by atoms with Gasteiger partial charge in [-0.15, -0.1) is 0 Å². The highest BCUT2D eigenvalue weighted by Gasteiger charge is 2.17. The maximum atomic E-state index is 11.7. The van der Waals surface area contributed by atoms with Crippen molar-refractivity contribution in [2.45, 2.75) is 6.61 Å². The van der Waals surface area contributed by atoms with Crippen LogP contribution in [0.3, 0.4) is 0 Å². The minimum atomic E-state index is -0.912. The third-order valence-corrected chi connectivity index (χ3v) is 2.40. The average molecular weight is 285 g/mol. The molecule has 0 aliphatic heterocycles. The van der Waals surface area contributed by atoms with E-state index >= 15 is 0 Å². The molecule has 6 heteroatoms. The van der Waals surface area contributed by atoms with Crippen LogP contribution in [0.15, 0.2) is 30.5 Å². The Morgan fingerprint density at radius 3 is 2.53 bits per heavy atom. The zero-order valence-electron chi connectivity index (χ0n) is 10.5. The second kappa shape index (κ2) is 7.43. The lowest BCUT2D eigenvalue weighted by atomic mass is 10.0. The number of carbonyl (C=O) groups excluding carboxylic acids is 2. The van der Waals surface area contributed by atoms with Gasteiger partial charge in [-0.25, -0.2) is 9.59 Å². The van der Waals surface area contributed by atoms with Crippen molar-refractivity contribution in [3.05, 3.63) is 41.7 Å². The molecule has 0 bridgehead atoms. The van der Waals surface area contributed by atoms with Gasteiger partial charge in [0, 0.05) is 11.6 Å². The first-order chi connectivity index (χ1) is 9.10. The molecule has 0 amide bonds. The van der Waals surface area contributed by atoms with E-state index in [2.05, 4.69) is 4.74 Å². The first-order valence-corrected chi connectivity index (χ1v) is 5.69. The summed E-state index contributed by atoms with van der Waals surface area (Å²) in [6.07, 6.45) is 1.27. The summed E-state index contributed by atoms with van der Waals surface area (Å²) in [5, 5.41) is 0. The monoisotopic (exact) mass is 284 g/mol. The van der Waals surface area contributed by atoms with Crippen molar-refractivity contribution in [1.82, 2.24) is 0 Å². The van der Waals surface area contributed by atoms with Crippen LogP contribution < -0.4 is 0 Å². The van der Waals surface area contributed by atoms with Crippen LogP contribution in [0.5, 0.6) is 0 Å². The Morgan fingerprint density at radius 2 is 1.95 bits per heavy atom. The minimum absolute atomic E-state index is 0.0451. The Labute approximate surface area is 115 Å². The summed E-state index contributed by atoms with van der Waals surface area (Å²) in [5.41, 5.74) is 0.482. The topological polar surface area (TPSA) is 61.8 Å². The van der Waals surface area contributed by atoms with Crippen molar-refractivity contribution in [2.75, 3.05) is 14.2 Å². The average Bonchev–Trinajstić information content (AvgIpc) is 2.42. The van der Waals surface area contributed by atoms with Crippen molar-refractivity contribution >= 4 is 28.6 Å². The molecule has 1 aromatic carbocycles. The third kappa shape index (κ3) is 4.30. The number of rotatable bonds is 5. The molecule has 0 spiro atoms. The molecule has 0 fully saturated rings. The molecule has 0 N–H and O–H groups in total. The number of hydrogen-bond acceptors (Lipinski definition) is 5. The molecule has 5 nitrogen and oxygen atoms in total. The van der Waals surface area contributed by atoms with Crippen LogP contribution in [-0.2, 0) is 25.6 Å². The molecule has 0 saturated heterocycles. The number of carbonyl (C=O) groups is 2. The second-order valence-electron chi connectivity index (χ2n) is 3.44. The normalized spacial score (nSPS) is 10.8. The molecule has 0 heterocycles. The molecule has 0 aliphatic carbocycles. The van der Waals surface area contributed by atoms with Gasteiger partial charge in [-0.3, -0.25) is 0 Å². The van der Waals surface area contributed by atoms with Crippen LogP contribution in [0.2, 0.25) is 0 Å². The first kappa shape index (κ1) is 15.0. The van der Waals surface area contributed by atoms with E-state index in [0.717, 1.165) is 0 Å². The highest BCUT2D eigenvalue weighted by Crippen LogP contribution is 2.21. The maximum Gasteiger partial charge on any atom is 0.404 e. The van der Waals surface area contributed by atoms with E-state index in [-0.39, 0.29) is 12.2 Å². The van der Waals surface area contributed by atoms with Crippen molar-refractivity contribution in [3.8, 4) is 0 Å². The number of ether oxygens (including phenoxy) is 3. The molecule has 102 valence electrons. The smallest absolute Gasteiger partial charge is 0.404 e. The summed E-state index contributed by atoms with van der Waals surface area (Å²) in [6, 6.07) is 6.90. The minimum Gasteiger partial charge on any atom is -0.503 e. The Balaban J connectivity index is 3.12. The highest BCUT2D eigenvalue weighted by atomic mass is 35.5. The Bertz CT molecular complexity index is 496. The largest absolute Gasteiger partial charge is 0.503 e. The Hall–Kier alpha value is -2.01. The van der Waals surface area contributed by atoms with E-state index in [9.17, 15) is 9.59 Å². The summed E-state index contributed by atoms with van der Waals surface area (Å²) >= 11 is 5.12. The molecule has 0 saturated carbocycles. The van der Waals surface area contributed by atoms with Gasteiger partial charge in [0.25, 0.3) is 0 Å². The zero-order chi connectivity index (χ0) is 14.3. The van der Waals surface area contributed by atoms with Gasteiger partial charge in [0.05, 0.1) is 20.5 Å².